The number of rotatable bonds is 4. The zero-order valence-corrected chi connectivity index (χ0v) is 19.5. The van der Waals surface area contributed by atoms with Gasteiger partial charge in [0, 0.05) is 0 Å². The Bertz CT molecular complexity index is 658. The fraction of sp³-hybridized carbons (Fsp3) is 0.889. The molecule has 4 saturated carbocycles. The molecule has 4 aliphatic rings. The van der Waals surface area contributed by atoms with Crippen molar-refractivity contribution in [2.24, 2.45) is 46.3 Å². The molecule has 8 atom stereocenters. The summed E-state index contributed by atoms with van der Waals surface area (Å²) in [6.07, 6.45) is 18.1. The SMILES string of the molecule is C[C@H](C=CC(=O)C(C)(C)O)[C@H]1CC[C@H]2[C@@H]3CCC4CCCC[C@]4(C)[C@H]3CC[C@]12C. The Morgan fingerprint density at radius 1 is 0.966 bits per heavy atom. The summed E-state index contributed by atoms with van der Waals surface area (Å²) in [5.74, 6) is 4.69. The van der Waals surface area contributed by atoms with Gasteiger partial charge in [0.15, 0.2) is 5.78 Å². The third kappa shape index (κ3) is 3.56. The molecule has 0 aliphatic heterocycles. The summed E-state index contributed by atoms with van der Waals surface area (Å²) in [5.41, 5.74) is -0.212. The molecule has 0 heterocycles. The molecular weight excluding hydrogens is 356 g/mol. The smallest absolute Gasteiger partial charge is 0.186 e. The van der Waals surface area contributed by atoms with Crippen molar-refractivity contribution in [3.63, 3.8) is 0 Å². The first-order valence-electron chi connectivity index (χ1n) is 12.5. The highest BCUT2D eigenvalue weighted by Gasteiger charge is 2.59. The van der Waals surface area contributed by atoms with Crippen LogP contribution in [0.4, 0.5) is 0 Å². The number of ketones is 1. The minimum atomic E-state index is -1.26. The lowest BCUT2D eigenvalue weighted by Crippen LogP contribution is -2.53. The molecule has 0 saturated heterocycles. The van der Waals surface area contributed by atoms with E-state index in [1.165, 1.54) is 64.2 Å². The summed E-state index contributed by atoms with van der Waals surface area (Å²) in [7, 11) is 0. The van der Waals surface area contributed by atoms with Crippen LogP contribution in [0.1, 0.15) is 98.8 Å². The topological polar surface area (TPSA) is 37.3 Å². The number of hydrogen-bond donors (Lipinski definition) is 1. The van der Waals surface area contributed by atoms with E-state index in [4.69, 9.17) is 0 Å². The van der Waals surface area contributed by atoms with E-state index in [9.17, 15) is 9.90 Å². The second kappa shape index (κ2) is 7.50. The quantitative estimate of drug-likeness (QED) is 0.542. The number of carbonyl (C=O) groups is 1. The van der Waals surface area contributed by atoms with Crippen molar-refractivity contribution < 1.29 is 9.90 Å². The normalized spacial score (nSPS) is 46.1. The Morgan fingerprint density at radius 2 is 1.69 bits per heavy atom. The van der Waals surface area contributed by atoms with Gasteiger partial charge < -0.3 is 5.11 Å². The molecule has 164 valence electrons. The Labute approximate surface area is 178 Å². The van der Waals surface area contributed by atoms with Crippen LogP contribution in [-0.4, -0.2) is 16.5 Å². The molecule has 1 N–H and O–H groups in total. The van der Waals surface area contributed by atoms with Crippen LogP contribution in [0.25, 0.3) is 0 Å². The van der Waals surface area contributed by atoms with Gasteiger partial charge in [0.1, 0.15) is 5.60 Å². The Morgan fingerprint density at radius 3 is 2.41 bits per heavy atom. The van der Waals surface area contributed by atoms with Gasteiger partial charge in [-0.1, -0.05) is 39.7 Å². The van der Waals surface area contributed by atoms with Gasteiger partial charge in [-0.25, -0.2) is 0 Å². The standard InChI is InChI=1S/C27H44O2/c1-18(9-14-24(28)25(2,3)29)21-12-13-22-20-11-10-19-8-6-7-16-26(19,4)23(20)15-17-27(21,22)5/h9,14,18-23,29H,6-8,10-13,15-17H2,1-5H3/t18-,19?,20+,21-,22+,23+,26+,27-/m1/s1. The Kier molecular flexibility index (Phi) is 5.59. The van der Waals surface area contributed by atoms with E-state index >= 15 is 0 Å². The minimum Gasteiger partial charge on any atom is -0.382 e. The lowest BCUT2D eigenvalue weighted by atomic mass is 9.44. The summed E-state index contributed by atoms with van der Waals surface area (Å²) >= 11 is 0. The fourth-order valence-corrected chi connectivity index (χ4v) is 8.78. The van der Waals surface area contributed by atoms with Gasteiger partial charge in [-0.2, -0.15) is 0 Å². The zero-order chi connectivity index (χ0) is 21.0. The van der Waals surface area contributed by atoms with Crippen LogP contribution in [-0.2, 0) is 4.79 Å². The Hall–Kier alpha value is -0.630. The van der Waals surface area contributed by atoms with Crippen LogP contribution in [0, 0.1) is 46.3 Å². The van der Waals surface area contributed by atoms with Crippen molar-refractivity contribution in [3.8, 4) is 0 Å². The minimum absolute atomic E-state index is 0.170. The van der Waals surface area contributed by atoms with E-state index < -0.39 is 5.60 Å². The molecule has 4 rings (SSSR count). The van der Waals surface area contributed by atoms with Gasteiger partial charge in [-0.3, -0.25) is 4.79 Å². The molecule has 2 heteroatoms. The van der Waals surface area contributed by atoms with Crippen LogP contribution >= 0.6 is 0 Å². The van der Waals surface area contributed by atoms with Crippen molar-refractivity contribution in [2.45, 2.75) is 104 Å². The van der Waals surface area contributed by atoms with Gasteiger partial charge in [-0.15, -0.1) is 0 Å². The zero-order valence-electron chi connectivity index (χ0n) is 19.5. The summed E-state index contributed by atoms with van der Waals surface area (Å²) in [6.45, 7) is 10.7. The van der Waals surface area contributed by atoms with Crippen molar-refractivity contribution in [3.05, 3.63) is 12.2 Å². The van der Waals surface area contributed by atoms with Crippen molar-refractivity contribution in [1.82, 2.24) is 0 Å². The summed E-state index contributed by atoms with van der Waals surface area (Å²) in [6, 6.07) is 0. The highest BCUT2D eigenvalue weighted by molar-refractivity contribution is 5.96. The molecule has 2 nitrogen and oxygen atoms in total. The maximum Gasteiger partial charge on any atom is 0.186 e. The second-order valence-corrected chi connectivity index (χ2v) is 12.3. The summed E-state index contributed by atoms with van der Waals surface area (Å²) < 4.78 is 0. The first kappa shape index (κ1) is 21.6. The van der Waals surface area contributed by atoms with Crippen molar-refractivity contribution in [2.75, 3.05) is 0 Å². The van der Waals surface area contributed by atoms with E-state index in [0.717, 1.165) is 23.7 Å². The number of allylic oxidation sites excluding steroid dienone is 1. The first-order chi connectivity index (χ1) is 13.6. The molecule has 0 bridgehead atoms. The van der Waals surface area contributed by atoms with Crippen LogP contribution in [0.5, 0.6) is 0 Å². The molecule has 1 unspecified atom stereocenters. The molecule has 0 aromatic carbocycles. The van der Waals surface area contributed by atoms with Gasteiger partial charge in [0.05, 0.1) is 0 Å². The largest absolute Gasteiger partial charge is 0.382 e. The first-order valence-corrected chi connectivity index (χ1v) is 12.5. The lowest BCUT2D eigenvalue weighted by molar-refractivity contribution is -0.128. The number of aliphatic hydroxyl groups is 1. The predicted octanol–water partition coefficient (Wildman–Crippen LogP) is 6.57. The van der Waals surface area contributed by atoms with Gasteiger partial charge >= 0.3 is 0 Å². The average molecular weight is 401 g/mol. The monoisotopic (exact) mass is 400 g/mol. The van der Waals surface area contributed by atoms with Crippen molar-refractivity contribution >= 4 is 5.78 Å². The van der Waals surface area contributed by atoms with Crippen LogP contribution < -0.4 is 0 Å². The van der Waals surface area contributed by atoms with Crippen LogP contribution in [0.3, 0.4) is 0 Å². The number of carbonyl (C=O) groups excluding carboxylic acids is 1. The average Bonchev–Trinajstić information content (AvgIpc) is 3.01. The number of hydrogen-bond acceptors (Lipinski definition) is 2. The lowest BCUT2D eigenvalue weighted by Gasteiger charge is -2.60. The third-order valence-electron chi connectivity index (χ3n) is 10.4. The fourth-order valence-electron chi connectivity index (χ4n) is 8.78. The van der Waals surface area contributed by atoms with Crippen LogP contribution in [0.2, 0.25) is 0 Å². The molecule has 4 fully saturated rings. The predicted molar refractivity (Wildman–Crippen MR) is 119 cm³/mol. The molecule has 0 spiro atoms. The summed E-state index contributed by atoms with van der Waals surface area (Å²) in [4.78, 5) is 12.2. The highest BCUT2D eigenvalue weighted by Crippen LogP contribution is 2.68. The molecule has 4 aliphatic carbocycles. The Balaban J connectivity index is 1.51. The summed E-state index contributed by atoms with van der Waals surface area (Å²) in [5, 5.41) is 9.95. The molecule has 0 aromatic heterocycles. The van der Waals surface area contributed by atoms with Crippen molar-refractivity contribution in [1.29, 1.82) is 0 Å². The highest BCUT2D eigenvalue weighted by atomic mass is 16.3. The van der Waals surface area contributed by atoms with E-state index in [-0.39, 0.29) is 5.78 Å². The van der Waals surface area contributed by atoms with Gasteiger partial charge in [0.2, 0.25) is 0 Å². The van der Waals surface area contributed by atoms with E-state index in [1.54, 1.807) is 19.9 Å². The molecule has 0 amide bonds. The molecule has 29 heavy (non-hydrogen) atoms. The third-order valence-corrected chi connectivity index (χ3v) is 10.4. The second-order valence-electron chi connectivity index (χ2n) is 12.3. The maximum atomic E-state index is 12.2. The van der Waals surface area contributed by atoms with Gasteiger partial charge in [-0.05, 0) is 118 Å². The van der Waals surface area contributed by atoms with E-state index in [1.807, 2.05) is 0 Å². The van der Waals surface area contributed by atoms with E-state index in [0.29, 0.717) is 22.7 Å². The molecule has 0 aromatic rings. The number of fused-ring (bicyclic) bond motifs is 5. The van der Waals surface area contributed by atoms with Crippen LogP contribution in [0.15, 0.2) is 12.2 Å². The van der Waals surface area contributed by atoms with E-state index in [2.05, 4.69) is 26.8 Å². The molecule has 0 radical (unpaired) electrons. The maximum absolute atomic E-state index is 12.2. The van der Waals surface area contributed by atoms with Gasteiger partial charge in [0.25, 0.3) is 0 Å². The molecular formula is C27H44O2.